The molecular formula is C14H15N3O3. The van der Waals surface area contributed by atoms with E-state index in [1.54, 1.807) is 13.0 Å². The van der Waals surface area contributed by atoms with Gasteiger partial charge in [-0.15, -0.1) is 0 Å². The molecule has 104 valence electrons. The van der Waals surface area contributed by atoms with Gasteiger partial charge in [-0.1, -0.05) is 12.1 Å². The largest absolute Gasteiger partial charge is 0.457 e. The van der Waals surface area contributed by atoms with E-state index in [-0.39, 0.29) is 11.5 Å². The molecule has 0 bridgehead atoms. The molecular weight excluding hydrogens is 258 g/mol. The molecule has 1 atom stereocenters. The minimum atomic E-state index is -1.20. The second-order valence-corrected chi connectivity index (χ2v) is 4.87. The van der Waals surface area contributed by atoms with Crippen molar-refractivity contribution in [2.24, 2.45) is 11.5 Å². The fourth-order valence-electron chi connectivity index (χ4n) is 2.55. The number of para-hydroxylation sites is 1. The second-order valence-electron chi connectivity index (χ2n) is 4.87. The lowest BCUT2D eigenvalue weighted by atomic mass is 10.00. The molecule has 0 fully saturated rings. The third kappa shape index (κ3) is 1.61. The minimum absolute atomic E-state index is 0.0459. The summed E-state index contributed by atoms with van der Waals surface area (Å²) in [7, 11) is 0. The van der Waals surface area contributed by atoms with Crippen LogP contribution in [0.5, 0.6) is 5.75 Å². The van der Waals surface area contributed by atoms with Gasteiger partial charge in [0.25, 0.3) is 5.91 Å². The average molecular weight is 273 g/mol. The van der Waals surface area contributed by atoms with Crippen molar-refractivity contribution in [1.29, 1.82) is 0 Å². The molecule has 0 radical (unpaired) electrons. The summed E-state index contributed by atoms with van der Waals surface area (Å²) in [6.07, 6.45) is 1.66. The van der Waals surface area contributed by atoms with E-state index in [2.05, 4.69) is 5.32 Å². The Balaban J connectivity index is 2.16. The third-order valence-corrected chi connectivity index (χ3v) is 3.34. The summed E-state index contributed by atoms with van der Waals surface area (Å²) in [5.74, 6) is 0.468. The van der Waals surface area contributed by atoms with Gasteiger partial charge in [0.1, 0.15) is 17.1 Å². The van der Waals surface area contributed by atoms with Crippen LogP contribution in [0.3, 0.4) is 0 Å². The normalized spacial score (nSPS) is 23.6. The number of ether oxygens (including phenoxy) is 2. The van der Waals surface area contributed by atoms with Gasteiger partial charge in [0.15, 0.2) is 0 Å². The highest BCUT2D eigenvalue weighted by molar-refractivity contribution is 5.97. The van der Waals surface area contributed by atoms with Gasteiger partial charge in [-0.25, -0.2) is 0 Å². The molecule has 2 heterocycles. The van der Waals surface area contributed by atoms with Crippen molar-refractivity contribution in [3.8, 4) is 5.75 Å². The first-order valence-corrected chi connectivity index (χ1v) is 6.17. The van der Waals surface area contributed by atoms with Gasteiger partial charge in [0, 0.05) is 6.08 Å². The number of fused-ring (bicyclic) bond motifs is 1. The number of amides is 1. The molecule has 0 aromatic heterocycles. The Morgan fingerprint density at radius 3 is 2.75 bits per heavy atom. The second kappa shape index (κ2) is 3.93. The van der Waals surface area contributed by atoms with E-state index in [4.69, 9.17) is 20.9 Å². The standard InChI is InChI=1S/C14H15N3O3/c1-7-4-3-5-9-11(7)20-14(17-9)6-8(2)19-13(16)10(14)12(15)18/h3-6,17H,16H2,1-2H3,(H2,15,18)/t14-/m0/s1. The molecule has 1 aromatic rings. The number of nitrogens with one attached hydrogen (secondary N) is 1. The highest BCUT2D eigenvalue weighted by Gasteiger charge is 2.48. The van der Waals surface area contributed by atoms with Crippen molar-refractivity contribution in [1.82, 2.24) is 0 Å². The van der Waals surface area contributed by atoms with Crippen molar-refractivity contribution >= 4 is 11.6 Å². The van der Waals surface area contributed by atoms with Crippen LogP contribution in [0, 0.1) is 6.92 Å². The molecule has 0 saturated heterocycles. The number of aryl methyl sites for hydroxylation is 1. The predicted molar refractivity (Wildman–Crippen MR) is 73.4 cm³/mol. The smallest absolute Gasteiger partial charge is 0.256 e. The van der Waals surface area contributed by atoms with E-state index in [0.717, 1.165) is 11.3 Å². The lowest BCUT2D eigenvalue weighted by molar-refractivity contribution is -0.116. The monoisotopic (exact) mass is 273 g/mol. The summed E-state index contributed by atoms with van der Waals surface area (Å²) in [4.78, 5) is 11.7. The molecule has 0 aliphatic carbocycles. The molecule has 2 aliphatic heterocycles. The minimum Gasteiger partial charge on any atom is -0.457 e. The Morgan fingerprint density at radius 2 is 2.10 bits per heavy atom. The Labute approximate surface area is 116 Å². The van der Waals surface area contributed by atoms with Crippen LogP contribution in [-0.4, -0.2) is 11.6 Å². The number of benzene rings is 1. The Kier molecular flexibility index (Phi) is 2.44. The van der Waals surface area contributed by atoms with Crippen LogP contribution in [0.25, 0.3) is 0 Å². The van der Waals surface area contributed by atoms with Crippen molar-refractivity contribution in [2.75, 3.05) is 5.32 Å². The van der Waals surface area contributed by atoms with Crippen molar-refractivity contribution in [3.63, 3.8) is 0 Å². The third-order valence-electron chi connectivity index (χ3n) is 3.34. The van der Waals surface area contributed by atoms with E-state index in [1.807, 2.05) is 25.1 Å². The number of carbonyl (C=O) groups is 1. The molecule has 5 N–H and O–H groups in total. The maximum Gasteiger partial charge on any atom is 0.256 e. The van der Waals surface area contributed by atoms with Gasteiger partial charge in [0.05, 0.1) is 5.69 Å². The van der Waals surface area contributed by atoms with Crippen LogP contribution in [0.4, 0.5) is 5.69 Å². The van der Waals surface area contributed by atoms with E-state index < -0.39 is 11.6 Å². The van der Waals surface area contributed by atoms with E-state index in [0.29, 0.717) is 11.5 Å². The molecule has 1 spiro atoms. The van der Waals surface area contributed by atoms with Crippen molar-refractivity contribution in [3.05, 3.63) is 47.1 Å². The summed E-state index contributed by atoms with van der Waals surface area (Å²) in [5, 5.41) is 3.17. The molecule has 20 heavy (non-hydrogen) atoms. The van der Waals surface area contributed by atoms with Gasteiger partial charge in [-0.05, 0) is 25.5 Å². The Bertz CT molecular complexity index is 678. The van der Waals surface area contributed by atoms with Gasteiger partial charge in [0.2, 0.25) is 11.6 Å². The molecule has 1 aromatic carbocycles. The molecule has 0 saturated carbocycles. The molecule has 2 aliphatic rings. The van der Waals surface area contributed by atoms with Crippen LogP contribution in [0.2, 0.25) is 0 Å². The highest BCUT2D eigenvalue weighted by Crippen LogP contribution is 2.44. The van der Waals surface area contributed by atoms with E-state index in [9.17, 15) is 4.79 Å². The van der Waals surface area contributed by atoms with Crippen LogP contribution in [0.1, 0.15) is 12.5 Å². The zero-order chi connectivity index (χ0) is 14.5. The number of rotatable bonds is 1. The summed E-state index contributed by atoms with van der Waals surface area (Å²) < 4.78 is 11.2. The van der Waals surface area contributed by atoms with Crippen LogP contribution in [0.15, 0.2) is 41.5 Å². The van der Waals surface area contributed by atoms with Crippen molar-refractivity contribution < 1.29 is 14.3 Å². The molecule has 6 nitrogen and oxygen atoms in total. The molecule has 6 heteroatoms. The van der Waals surface area contributed by atoms with E-state index >= 15 is 0 Å². The number of anilines is 1. The molecule has 1 amide bonds. The average Bonchev–Trinajstić information content (AvgIpc) is 2.66. The van der Waals surface area contributed by atoms with Gasteiger partial charge < -0.3 is 26.3 Å². The van der Waals surface area contributed by atoms with Crippen LogP contribution >= 0.6 is 0 Å². The fraction of sp³-hybridized carbons (Fsp3) is 0.214. The highest BCUT2D eigenvalue weighted by atomic mass is 16.5. The summed E-state index contributed by atoms with van der Waals surface area (Å²) >= 11 is 0. The lowest BCUT2D eigenvalue weighted by Crippen LogP contribution is -2.48. The number of primary amides is 1. The molecule has 3 rings (SSSR count). The summed E-state index contributed by atoms with van der Waals surface area (Å²) in [6, 6.07) is 5.69. The lowest BCUT2D eigenvalue weighted by Gasteiger charge is -2.31. The van der Waals surface area contributed by atoms with Crippen molar-refractivity contribution in [2.45, 2.75) is 19.6 Å². The first-order chi connectivity index (χ1) is 9.43. The fourth-order valence-corrected chi connectivity index (χ4v) is 2.55. The SMILES string of the molecule is CC1=C[C@@]2(Nc3cccc(C)c3O2)C(C(N)=O)=C(N)O1. The van der Waals surface area contributed by atoms with Gasteiger partial charge in [-0.3, -0.25) is 4.79 Å². The Morgan fingerprint density at radius 1 is 1.35 bits per heavy atom. The van der Waals surface area contributed by atoms with E-state index in [1.165, 1.54) is 0 Å². The number of carbonyl (C=O) groups excluding carboxylic acids is 1. The summed E-state index contributed by atoms with van der Waals surface area (Å²) in [6.45, 7) is 3.65. The number of hydrogen-bond donors (Lipinski definition) is 3. The zero-order valence-electron chi connectivity index (χ0n) is 11.2. The van der Waals surface area contributed by atoms with Gasteiger partial charge in [-0.2, -0.15) is 0 Å². The Hall–Kier alpha value is -2.63. The van der Waals surface area contributed by atoms with Crippen LogP contribution in [-0.2, 0) is 9.53 Å². The van der Waals surface area contributed by atoms with Gasteiger partial charge >= 0.3 is 0 Å². The zero-order valence-corrected chi connectivity index (χ0v) is 11.2. The first kappa shape index (κ1) is 12.4. The predicted octanol–water partition coefficient (Wildman–Crippen LogP) is 1.09. The summed E-state index contributed by atoms with van der Waals surface area (Å²) in [5.41, 5.74) is 11.8. The number of nitrogens with two attached hydrogens (primary N) is 2. The maximum atomic E-state index is 11.7. The first-order valence-electron chi connectivity index (χ1n) is 6.17. The topological polar surface area (TPSA) is 99.6 Å². The maximum absolute atomic E-state index is 11.7. The molecule has 0 unspecified atom stereocenters. The number of allylic oxidation sites excluding steroid dienone is 1. The number of hydrogen-bond acceptors (Lipinski definition) is 5. The quantitative estimate of drug-likeness (QED) is 0.711. The van der Waals surface area contributed by atoms with Crippen LogP contribution < -0.4 is 21.5 Å².